The van der Waals surface area contributed by atoms with Crippen LogP contribution in [-0.2, 0) is 5.41 Å². The summed E-state index contributed by atoms with van der Waals surface area (Å²) >= 11 is 9.20. The molecule has 1 aromatic heterocycles. The zero-order valence-corrected chi connectivity index (χ0v) is 12.8. The number of nitrogens with zero attached hydrogens (tertiary/aromatic N) is 1. The molecule has 0 amide bonds. The first-order valence-electron chi connectivity index (χ1n) is 5.57. The van der Waals surface area contributed by atoms with Gasteiger partial charge >= 0.3 is 0 Å². The standard InChI is InChI=1S/C13H14BrClN2O/c1-13(2,3)11-10(14)12(18)17(16-11)9-6-4-8(15)5-7-9/h4-7,16H,1-3H3. The lowest BCUT2D eigenvalue weighted by molar-refractivity contribution is 0.557. The van der Waals surface area contributed by atoms with Crippen LogP contribution in [0.25, 0.3) is 5.69 Å². The molecule has 0 aliphatic carbocycles. The van der Waals surface area contributed by atoms with Gasteiger partial charge in [0.15, 0.2) is 0 Å². The second-order valence-corrected chi connectivity index (χ2v) is 6.40. The first-order valence-corrected chi connectivity index (χ1v) is 6.75. The average molecular weight is 330 g/mol. The van der Waals surface area contributed by atoms with Crippen LogP contribution in [0.1, 0.15) is 26.5 Å². The van der Waals surface area contributed by atoms with Crippen molar-refractivity contribution in [1.82, 2.24) is 9.78 Å². The van der Waals surface area contributed by atoms with Crippen LogP contribution in [0.3, 0.4) is 0 Å². The molecular weight excluding hydrogens is 316 g/mol. The minimum Gasteiger partial charge on any atom is -0.293 e. The predicted molar refractivity (Wildman–Crippen MR) is 77.8 cm³/mol. The summed E-state index contributed by atoms with van der Waals surface area (Å²) in [6, 6.07) is 7.13. The van der Waals surface area contributed by atoms with Crippen LogP contribution in [0.2, 0.25) is 5.02 Å². The van der Waals surface area contributed by atoms with Crippen molar-refractivity contribution in [2.45, 2.75) is 26.2 Å². The molecule has 0 aliphatic rings. The van der Waals surface area contributed by atoms with Gasteiger partial charge in [0, 0.05) is 10.4 Å². The first kappa shape index (κ1) is 13.4. The van der Waals surface area contributed by atoms with Crippen LogP contribution in [0.15, 0.2) is 33.5 Å². The summed E-state index contributed by atoms with van der Waals surface area (Å²) in [6.07, 6.45) is 0. The molecule has 96 valence electrons. The summed E-state index contributed by atoms with van der Waals surface area (Å²) in [7, 11) is 0. The molecule has 0 atom stereocenters. The van der Waals surface area contributed by atoms with E-state index in [-0.39, 0.29) is 11.0 Å². The Labute approximate surface area is 119 Å². The van der Waals surface area contributed by atoms with E-state index in [0.29, 0.717) is 9.50 Å². The Morgan fingerprint density at radius 2 is 1.78 bits per heavy atom. The van der Waals surface area contributed by atoms with E-state index in [1.165, 1.54) is 4.68 Å². The molecule has 5 heteroatoms. The average Bonchev–Trinajstić information content (AvgIpc) is 2.57. The maximum absolute atomic E-state index is 12.2. The van der Waals surface area contributed by atoms with E-state index in [9.17, 15) is 4.79 Å². The van der Waals surface area contributed by atoms with Crippen LogP contribution < -0.4 is 5.56 Å². The summed E-state index contributed by atoms with van der Waals surface area (Å²) in [5.74, 6) is 0. The SMILES string of the molecule is CC(C)(C)c1[nH]n(-c2ccc(Cl)cc2)c(=O)c1Br. The molecule has 1 heterocycles. The molecule has 0 radical (unpaired) electrons. The normalized spacial score (nSPS) is 11.8. The summed E-state index contributed by atoms with van der Waals surface area (Å²) in [6.45, 7) is 6.15. The lowest BCUT2D eigenvalue weighted by Gasteiger charge is -2.16. The van der Waals surface area contributed by atoms with Crippen molar-refractivity contribution >= 4 is 27.5 Å². The highest BCUT2D eigenvalue weighted by atomic mass is 79.9. The second kappa shape index (κ2) is 4.59. The fourth-order valence-electron chi connectivity index (χ4n) is 1.69. The molecule has 1 N–H and O–H groups in total. The number of nitrogens with one attached hydrogen (secondary N) is 1. The highest BCUT2D eigenvalue weighted by Crippen LogP contribution is 2.26. The number of benzene rings is 1. The largest absolute Gasteiger partial charge is 0.293 e. The molecule has 2 aromatic rings. The van der Waals surface area contributed by atoms with Gasteiger partial charge in [-0.15, -0.1) is 0 Å². The fourth-order valence-corrected chi connectivity index (χ4v) is 2.67. The summed E-state index contributed by atoms with van der Waals surface area (Å²) in [5.41, 5.74) is 1.42. The monoisotopic (exact) mass is 328 g/mol. The Hall–Kier alpha value is -1.00. The topological polar surface area (TPSA) is 37.8 Å². The molecule has 18 heavy (non-hydrogen) atoms. The molecule has 3 nitrogen and oxygen atoms in total. The Morgan fingerprint density at radius 3 is 2.22 bits per heavy atom. The third-order valence-corrected chi connectivity index (χ3v) is 3.66. The number of aromatic nitrogens is 2. The van der Waals surface area contributed by atoms with E-state index >= 15 is 0 Å². The smallest absolute Gasteiger partial charge is 0.285 e. The number of halogens is 2. The Bertz CT molecular complexity index is 620. The molecule has 0 saturated heterocycles. The number of hydrogen-bond acceptors (Lipinski definition) is 1. The van der Waals surface area contributed by atoms with Crippen LogP contribution in [0, 0.1) is 0 Å². The van der Waals surface area contributed by atoms with Crippen molar-refractivity contribution in [3.8, 4) is 5.69 Å². The third kappa shape index (κ3) is 2.40. The van der Waals surface area contributed by atoms with Gasteiger partial charge < -0.3 is 0 Å². The molecule has 0 saturated carbocycles. The molecular formula is C13H14BrClN2O. The van der Waals surface area contributed by atoms with Gasteiger partial charge in [-0.25, -0.2) is 4.68 Å². The van der Waals surface area contributed by atoms with Crippen molar-refractivity contribution < 1.29 is 0 Å². The van der Waals surface area contributed by atoms with Gasteiger partial charge in [0.1, 0.15) is 4.47 Å². The lowest BCUT2D eigenvalue weighted by Crippen LogP contribution is -2.14. The molecule has 1 aromatic carbocycles. The lowest BCUT2D eigenvalue weighted by atomic mass is 9.93. The van der Waals surface area contributed by atoms with Crippen molar-refractivity contribution in [1.29, 1.82) is 0 Å². The summed E-state index contributed by atoms with van der Waals surface area (Å²) in [5, 5.41) is 3.79. The molecule has 0 bridgehead atoms. The molecule has 0 aliphatic heterocycles. The zero-order chi connectivity index (χ0) is 13.5. The highest BCUT2D eigenvalue weighted by Gasteiger charge is 2.23. The number of aromatic amines is 1. The van der Waals surface area contributed by atoms with Crippen LogP contribution >= 0.6 is 27.5 Å². The number of hydrogen-bond donors (Lipinski definition) is 1. The fraction of sp³-hybridized carbons (Fsp3) is 0.308. The van der Waals surface area contributed by atoms with Crippen molar-refractivity contribution in [2.75, 3.05) is 0 Å². The molecule has 0 unspecified atom stereocenters. The minimum absolute atomic E-state index is 0.0951. The quantitative estimate of drug-likeness (QED) is 0.847. The third-order valence-electron chi connectivity index (χ3n) is 2.67. The van der Waals surface area contributed by atoms with Crippen molar-refractivity contribution in [3.63, 3.8) is 0 Å². The summed E-state index contributed by atoms with van der Waals surface area (Å²) < 4.78 is 2.09. The maximum Gasteiger partial charge on any atom is 0.285 e. The van der Waals surface area contributed by atoms with Gasteiger partial charge in [-0.1, -0.05) is 32.4 Å². The van der Waals surface area contributed by atoms with Gasteiger partial charge in [-0.3, -0.25) is 9.89 Å². The van der Waals surface area contributed by atoms with E-state index in [2.05, 4.69) is 41.8 Å². The van der Waals surface area contributed by atoms with Gasteiger partial charge in [-0.2, -0.15) is 0 Å². The van der Waals surface area contributed by atoms with E-state index in [1.807, 2.05) is 0 Å². The first-order chi connectivity index (χ1) is 8.30. The minimum atomic E-state index is -0.129. The Kier molecular flexibility index (Phi) is 3.43. The van der Waals surface area contributed by atoms with E-state index in [0.717, 1.165) is 11.4 Å². The molecule has 0 spiro atoms. The second-order valence-electron chi connectivity index (χ2n) is 5.17. The van der Waals surface area contributed by atoms with Gasteiger partial charge in [0.2, 0.25) is 0 Å². The van der Waals surface area contributed by atoms with Crippen LogP contribution in [0.4, 0.5) is 0 Å². The zero-order valence-electron chi connectivity index (χ0n) is 10.4. The highest BCUT2D eigenvalue weighted by molar-refractivity contribution is 9.10. The Morgan fingerprint density at radius 1 is 1.22 bits per heavy atom. The van der Waals surface area contributed by atoms with Crippen molar-refractivity contribution in [3.05, 3.63) is 49.8 Å². The van der Waals surface area contributed by atoms with Crippen molar-refractivity contribution in [2.24, 2.45) is 0 Å². The number of H-pyrrole nitrogens is 1. The van der Waals surface area contributed by atoms with Gasteiger partial charge in [0.05, 0.1) is 11.4 Å². The molecule has 2 rings (SSSR count). The predicted octanol–water partition coefficient (Wildman–Crippen LogP) is 3.88. The van der Waals surface area contributed by atoms with E-state index in [4.69, 9.17) is 11.6 Å². The van der Waals surface area contributed by atoms with Crippen LogP contribution in [-0.4, -0.2) is 9.78 Å². The van der Waals surface area contributed by atoms with Gasteiger partial charge in [0.25, 0.3) is 5.56 Å². The number of rotatable bonds is 1. The Balaban J connectivity index is 2.60. The maximum atomic E-state index is 12.2. The van der Waals surface area contributed by atoms with Gasteiger partial charge in [-0.05, 0) is 40.2 Å². The van der Waals surface area contributed by atoms with Crippen LogP contribution in [0.5, 0.6) is 0 Å². The van der Waals surface area contributed by atoms with E-state index in [1.54, 1.807) is 24.3 Å². The molecule has 0 fully saturated rings. The summed E-state index contributed by atoms with van der Waals surface area (Å²) in [4.78, 5) is 12.2. The van der Waals surface area contributed by atoms with E-state index < -0.39 is 0 Å².